The molecule has 2 heterocycles. The lowest BCUT2D eigenvalue weighted by Gasteiger charge is -2.34. The number of nitrogens with one attached hydrogen (secondary N) is 2. The molecule has 3 atom stereocenters. The molecule has 10 heteroatoms. The van der Waals surface area contributed by atoms with Crippen LogP contribution in [0.15, 0.2) is 54.7 Å². The van der Waals surface area contributed by atoms with E-state index in [9.17, 15) is 19.5 Å². The third kappa shape index (κ3) is 5.60. The SMILES string of the molecule is CNC(=O)[C@@H]1C[C@@H](O)CN1C(=O)[C@@H](n1cc(-c2ccc(C)c(C(=O)Nc3ccccc3)c2)nn1)C(C)(C)C. The Bertz CT molecular complexity index is 1330. The molecule has 38 heavy (non-hydrogen) atoms. The summed E-state index contributed by atoms with van der Waals surface area (Å²) >= 11 is 0. The number of carbonyl (C=O) groups excluding carboxylic acids is 3. The van der Waals surface area contributed by atoms with E-state index >= 15 is 0 Å². The number of carbonyl (C=O) groups is 3. The predicted octanol–water partition coefficient (Wildman–Crippen LogP) is 2.80. The maximum atomic E-state index is 13.8. The number of aliphatic hydroxyl groups is 1. The van der Waals surface area contributed by atoms with Crippen molar-refractivity contribution in [1.82, 2.24) is 25.2 Å². The topological polar surface area (TPSA) is 129 Å². The summed E-state index contributed by atoms with van der Waals surface area (Å²) in [6.07, 6.45) is 1.09. The summed E-state index contributed by atoms with van der Waals surface area (Å²) in [5.74, 6) is -0.868. The number of aromatic nitrogens is 3. The normalized spacial score (nSPS) is 18.2. The molecule has 0 saturated carbocycles. The fourth-order valence-corrected chi connectivity index (χ4v) is 4.79. The molecule has 200 valence electrons. The molecule has 2 aromatic carbocycles. The third-order valence-corrected chi connectivity index (χ3v) is 6.75. The Morgan fingerprint density at radius 1 is 1.11 bits per heavy atom. The highest BCUT2D eigenvalue weighted by atomic mass is 16.3. The van der Waals surface area contributed by atoms with Gasteiger partial charge in [-0.1, -0.05) is 56.3 Å². The Kier molecular flexibility index (Phi) is 7.63. The van der Waals surface area contributed by atoms with Gasteiger partial charge in [-0.3, -0.25) is 14.4 Å². The lowest BCUT2D eigenvalue weighted by Crippen LogP contribution is -2.49. The van der Waals surface area contributed by atoms with Crippen molar-refractivity contribution < 1.29 is 19.5 Å². The highest BCUT2D eigenvalue weighted by molar-refractivity contribution is 6.06. The zero-order valence-corrected chi connectivity index (χ0v) is 22.3. The van der Waals surface area contributed by atoms with E-state index in [-0.39, 0.29) is 30.7 Å². The number of β-amino-alcohol motifs (C(OH)–C–C–N with tert-alkyl or cyclic N) is 1. The number of nitrogens with zero attached hydrogens (tertiary/aromatic N) is 4. The molecule has 0 spiro atoms. The van der Waals surface area contributed by atoms with Crippen molar-refractivity contribution in [3.8, 4) is 11.3 Å². The van der Waals surface area contributed by atoms with Crippen LogP contribution >= 0.6 is 0 Å². The average Bonchev–Trinajstić information content (AvgIpc) is 3.50. The quantitative estimate of drug-likeness (QED) is 0.460. The van der Waals surface area contributed by atoms with Crippen LogP contribution in [0.3, 0.4) is 0 Å². The number of likely N-dealkylation sites (N-methyl/N-ethyl adjacent to an activating group) is 1. The minimum atomic E-state index is -0.777. The monoisotopic (exact) mass is 518 g/mol. The van der Waals surface area contributed by atoms with Crippen molar-refractivity contribution in [2.75, 3.05) is 18.9 Å². The molecule has 1 fully saturated rings. The van der Waals surface area contributed by atoms with Gasteiger partial charge in [0.15, 0.2) is 0 Å². The molecule has 1 saturated heterocycles. The van der Waals surface area contributed by atoms with E-state index in [1.54, 1.807) is 12.3 Å². The minimum Gasteiger partial charge on any atom is -0.391 e. The minimum absolute atomic E-state index is 0.0723. The maximum Gasteiger partial charge on any atom is 0.255 e. The van der Waals surface area contributed by atoms with Crippen LogP contribution in [-0.4, -0.2) is 68.5 Å². The van der Waals surface area contributed by atoms with Crippen molar-refractivity contribution in [2.24, 2.45) is 5.41 Å². The number of para-hydroxylation sites is 1. The van der Waals surface area contributed by atoms with Crippen LogP contribution in [0.4, 0.5) is 5.69 Å². The van der Waals surface area contributed by atoms with Crippen LogP contribution in [0.2, 0.25) is 0 Å². The Morgan fingerprint density at radius 3 is 2.47 bits per heavy atom. The number of hydrogen-bond acceptors (Lipinski definition) is 6. The lowest BCUT2D eigenvalue weighted by molar-refractivity contribution is -0.144. The summed E-state index contributed by atoms with van der Waals surface area (Å²) in [4.78, 5) is 40.6. The lowest BCUT2D eigenvalue weighted by atomic mass is 9.85. The number of rotatable bonds is 6. The molecule has 3 N–H and O–H groups in total. The van der Waals surface area contributed by atoms with Gasteiger partial charge in [0.05, 0.1) is 12.3 Å². The van der Waals surface area contributed by atoms with Gasteiger partial charge in [-0.25, -0.2) is 4.68 Å². The van der Waals surface area contributed by atoms with Gasteiger partial charge in [0.2, 0.25) is 11.8 Å². The molecule has 10 nitrogen and oxygen atoms in total. The van der Waals surface area contributed by atoms with Gasteiger partial charge < -0.3 is 20.6 Å². The van der Waals surface area contributed by atoms with E-state index in [2.05, 4.69) is 20.9 Å². The molecular formula is C28H34N6O4. The predicted molar refractivity (Wildman–Crippen MR) is 143 cm³/mol. The first-order chi connectivity index (χ1) is 18.0. The van der Waals surface area contributed by atoms with Gasteiger partial charge in [-0.2, -0.15) is 0 Å². The van der Waals surface area contributed by atoms with E-state index in [1.165, 1.54) is 16.6 Å². The molecule has 0 bridgehead atoms. The van der Waals surface area contributed by atoms with Crippen LogP contribution in [0.5, 0.6) is 0 Å². The zero-order chi connectivity index (χ0) is 27.6. The standard InChI is InChI=1S/C28H34N6O4/c1-17-11-12-18(13-21(17)25(36)30-19-9-7-6-8-10-19)22-16-34(32-31-22)24(28(2,3)4)27(38)33-15-20(35)14-23(33)26(37)29-5/h6-13,16,20,23-24,35H,14-15H2,1-5H3,(H,29,37)(H,30,36)/t20-,23+,24-/m1/s1. The van der Waals surface area contributed by atoms with Crippen molar-refractivity contribution in [3.63, 3.8) is 0 Å². The van der Waals surface area contributed by atoms with Gasteiger partial charge in [0.25, 0.3) is 5.91 Å². The summed E-state index contributed by atoms with van der Waals surface area (Å²) in [5, 5.41) is 24.3. The number of hydrogen-bond donors (Lipinski definition) is 3. The van der Waals surface area contributed by atoms with Crippen LogP contribution in [0.25, 0.3) is 11.3 Å². The van der Waals surface area contributed by atoms with E-state index in [4.69, 9.17) is 0 Å². The number of amides is 3. The highest BCUT2D eigenvalue weighted by Crippen LogP contribution is 2.35. The van der Waals surface area contributed by atoms with Gasteiger partial charge in [-0.05, 0) is 36.1 Å². The summed E-state index contributed by atoms with van der Waals surface area (Å²) in [7, 11) is 1.51. The second kappa shape index (κ2) is 10.7. The largest absolute Gasteiger partial charge is 0.391 e. The van der Waals surface area contributed by atoms with E-state index in [0.29, 0.717) is 22.5 Å². The van der Waals surface area contributed by atoms with Crippen LogP contribution in [0, 0.1) is 12.3 Å². The first-order valence-electron chi connectivity index (χ1n) is 12.6. The van der Waals surface area contributed by atoms with Gasteiger partial charge in [0.1, 0.15) is 17.8 Å². The van der Waals surface area contributed by atoms with E-state index in [1.807, 2.05) is 70.2 Å². The van der Waals surface area contributed by atoms with Gasteiger partial charge in [0, 0.05) is 36.8 Å². The summed E-state index contributed by atoms with van der Waals surface area (Å²) in [6, 6.07) is 13.2. The number of benzene rings is 2. The maximum absolute atomic E-state index is 13.8. The van der Waals surface area contributed by atoms with Crippen LogP contribution in [0.1, 0.15) is 49.2 Å². The fourth-order valence-electron chi connectivity index (χ4n) is 4.79. The Hall–Kier alpha value is -4.05. The van der Waals surface area contributed by atoms with Crippen molar-refractivity contribution in [3.05, 3.63) is 65.9 Å². The average molecular weight is 519 g/mol. The molecule has 3 amide bonds. The first-order valence-corrected chi connectivity index (χ1v) is 12.6. The molecule has 1 aliphatic rings. The van der Waals surface area contributed by atoms with Crippen LogP contribution < -0.4 is 10.6 Å². The first kappa shape index (κ1) is 27.0. The molecule has 3 aromatic rings. The zero-order valence-electron chi connectivity index (χ0n) is 22.3. The molecule has 0 radical (unpaired) electrons. The van der Waals surface area contributed by atoms with Crippen molar-refractivity contribution in [2.45, 2.75) is 52.3 Å². The summed E-state index contributed by atoms with van der Waals surface area (Å²) in [6.45, 7) is 7.67. The van der Waals surface area contributed by atoms with Crippen molar-refractivity contribution >= 4 is 23.4 Å². The Labute approximate surface area is 222 Å². The molecule has 4 rings (SSSR count). The fraction of sp³-hybridized carbons (Fsp3) is 0.393. The number of likely N-dealkylation sites (tertiary alicyclic amines) is 1. The van der Waals surface area contributed by atoms with Crippen molar-refractivity contribution in [1.29, 1.82) is 0 Å². The number of aliphatic hydroxyl groups excluding tert-OH is 1. The third-order valence-electron chi connectivity index (χ3n) is 6.75. The van der Waals surface area contributed by atoms with Crippen LogP contribution in [-0.2, 0) is 9.59 Å². The van der Waals surface area contributed by atoms with Gasteiger partial charge in [-0.15, -0.1) is 5.10 Å². The van der Waals surface area contributed by atoms with Gasteiger partial charge >= 0.3 is 0 Å². The highest BCUT2D eigenvalue weighted by Gasteiger charge is 2.45. The molecule has 0 unspecified atom stereocenters. The number of aryl methyl sites for hydroxylation is 1. The Morgan fingerprint density at radius 2 is 1.82 bits per heavy atom. The summed E-state index contributed by atoms with van der Waals surface area (Å²) < 4.78 is 1.51. The van der Waals surface area contributed by atoms with E-state index in [0.717, 1.165) is 5.56 Å². The smallest absolute Gasteiger partial charge is 0.255 e. The Balaban J connectivity index is 1.63. The molecule has 0 aliphatic carbocycles. The molecule has 1 aliphatic heterocycles. The summed E-state index contributed by atoms with van der Waals surface area (Å²) in [5.41, 5.74) is 2.62. The second-order valence-corrected chi connectivity index (χ2v) is 10.7. The number of anilines is 1. The molecular weight excluding hydrogens is 484 g/mol. The van der Waals surface area contributed by atoms with E-state index < -0.39 is 23.6 Å². The molecule has 1 aromatic heterocycles. The second-order valence-electron chi connectivity index (χ2n) is 10.7.